The van der Waals surface area contributed by atoms with E-state index in [2.05, 4.69) is 0 Å². The van der Waals surface area contributed by atoms with Gasteiger partial charge in [0.1, 0.15) is 0 Å². The lowest BCUT2D eigenvalue weighted by atomic mass is 9.48. The average Bonchev–Trinajstić information content (AvgIpc) is 1.94. The van der Waals surface area contributed by atoms with E-state index in [1.54, 1.807) is 0 Å². The summed E-state index contributed by atoms with van der Waals surface area (Å²) in [4.78, 5) is 10.9. The summed E-state index contributed by atoms with van der Waals surface area (Å²) < 4.78 is 0. The minimum absolute atomic E-state index is 0.0421. The Balaban J connectivity index is 1.89. The molecular formula is C12H17ClO2. The summed E-state index contributed by atoms with van der Waals surface area (Å²) in [5, 5.41) is 9.01. The van der Waals surface area contributed by atoms with Gasteiger partial charge in [-0.3, -0.25) is 4.79 Å². The van der Waals surface area contributed by atoms with Crippen molar-refractivity contribution in [2.75, 3.05) is 0 Å². The van der Waals surface area contributed by atoms with E-state index in [9.17, 15) is 4.79 Å². The number of hydrogen-bond acceptors (Lipinski definition) is 1. The van der Waals surface area contributed by atoms with Gasteiger partial charge in [0.2, 0.25) is 0 Å². The van der Waals surface area contributed by atoms with Gasteiger partial charge in [0, 0.05) is 4.87 Å². The molecule has 2 unspecified atom stereocenters. The molecule has 4 aliphatic rings. The van der Waals surface area contributed by atoms with Crippen LogP contribution in [0.2, 0.25) is 0 Å². The fourth-order valence-corrected chi connectivity index (χ4v) is 5.58. The second-order valence-electron chi connectivity index (χ2n) is 6.18. The molecule has 15 heavy (non-hydrogen) atoms. The zero-order valence-corrected chi connectivity index (χ0v) is 9.59. The summed E-state index contributed by atoms with van der Waals surface area (Å²) >= 11 is 6.61. The van der Waals surface area contributed by atoms with E-state index < -0.39 is 5.97 Å². The molecule has 84 valence electrons. The number of carbonyl (C=O) groups is 1. The van der Waals surface area contributed by atoms with Gasteiger partial charge in [0.15, 0.2) is 0 Å². The molecule has 2 atom stereocenters. The molecule has 4 saturated carbocycles. The first-order valence-electron chi connectivity index (χ1n) is 5.89. The van der Waals surface area contributed by atoms with E-state index in [0.717, 1.165) is 32.1 Å². The number of aliphatic carboxylic acids is 1. The highest BCUT2D eigenvalue weighted by molar-refractivity contribution is 6.24. The largest absolute Gasteiger partial charge is 0.481 e. The summed E-state index contributed by atoms with van der Waals surface area (Å²) in [5.41, 5.74) is 0.0532. The van der Waals surface area contributed by atoms with Crippen LogP contribution in [0.1, 0.15) is 44.9 Å². The standard InChI is InChI=1S/C12H17ClO2/c13-12-4-8-1-9(5-12)3-11(2-8,7-12)6-10(14)15/h8-9H,1-7H2,(H,14,15). The highest BCUT2D eigenvalue weighted by Gasteiger charge is 2.57. The van der Waals surface area contributed by atoms with Gasteiger partial charge in [-0.05, 0) is 55.8 Å². The molecule has 4 aliphatic carbocycles. The third-order valence-corrected chi connectivity index (χ3v) is 5.08. The van der Waals surface area contributed by atoms with E-state index in [-0.39, 0.29) is 10.3 Å². The molecule has 0 aromatic carbocycles. The number of rotatable bonds is 2. The maximum atomic E-state index is 10.9. The van der Waals surface area contributed by atoms with E-state index in [1.807, 2.05) is 0 Å². The Morgan fingerprint density at radius 3 is 2.33 bits per heavy atom. The van der Waals surface area contributed by atoms with Crippen molar-refractivity contribution in [2.45, 2.75) is 49.8 Å². The SMILES string of the molecule is O=C(O)CC12CC3CC(CC(Cl)(C3)C1)C2. The van der Waals surface area contributed by atoms with Crippen LogP contribution in [0.4, 0.5) is 0 Å². The topological polar surface area (TPSA) is 37.3 Å². The molecule has 0 radical (unpaired) electrons. The smallest absolute Gasteiger partial charge is 0.303 e. The predicted octanol–water partition coefficient (Wildman–Crippen LogP) is 3.04. The summed E-state index contributed by atoms with van der Waals surface area (Å²) in [6, 6.07) is 0. The Kier molecular flexibility index (Phi) is 1.93. The van der Waals surface area contributed by atoms with Crippen molar-refractivity contribution in [1.29, 1.82) is 0 Å². The van der Waals surface area contributed by atoms with Gasteiger partial charge in [0.05, 0.1) is 6.42 Å². The highest BCUT2D eigenvalue weighted by Crippen LogP contribution is 2.64. The van der Waals surface area contributed by atoms with Crippen molar-refractivity contribution >= 4 is 17.6 Å². The molecular weight excluding hydrogens is 212 g/mol. The third kappa shape index (κ3) is 1.57. The summed E-state index contributed by atoms with van der Waals surface area (Å²) in [5.74, 6) is 0.781. The van der Waals surface area contributed by atoms with Crippen LogP contribution >= 0.6 is 11.6 Å². The van der Waals surface area contributed by atoms with E-state index in [1.165, 1.54) is 6.42 Å². The van der Waals surface area contributed by atoms with Crippen LogP contribution < -0.4 is 0 Å². The zero-order valence-electron chi connectivity index (χ0n) is 8.84. The summed E-state index contributed by atoms with van der Waals surface area (Å²) in [6.07, 6.45) is 7.08. The van der Waals surface area contributed by atoms with Gasteiger partial charge in [-0.1, -0.05) is 0 Å². The molecule has 0 saturated heterocycles. The number of alkyl halides is 1. The first-order valence-corrected chi connectivity index (χ1v) is 6.27. The van der Waals surface area contributed by atoms with Crippen molar-refractivity contribution in [3.05, 3.63) is 0 Å². The normalized spacial score (nSPS) is 52.1. The Morgan fingerprint density at radius 1 is 1.27 bits per heavy atom. The molecule has 1 N–H and O–H groups in total. The molecule has 0 spiro atoms. The van der Waals surface area contributed by atoms with Gasteiger partial charge in [-0.25, -0.2) is 0 Å². The number of carboxylic acids is 1. The molecule has 4 fully saturated rings. The molecule has 0 aromatic rings. The maximum Gasteiger partial charge on any atom is 0.303 e. The predicted molar refractivity (Wildman–Crippen MR) is 58.0 cm³/mol. The first kappa shape index (κ1) is 9.95. The fraction of sp³-hybridized carbons (Fsp3) is 0.917. The number of halogens is 1. The van der Waals surface area contributed by atoms with Crippen LogP contribution in [-0.2, 0) is 4.79 Å². The average molecular weight is 229 g/mol. The van der Waals surface area contributed by atoms with Gasteiger partial charge in [-0.2, -0.15) is 0 Å². The van der Waals surface area contributed by atoms with E-state index >= 15 is 0 Å². The summed E-state index contributed by atoms with van der Waals surface area (Å²) in [6.45, 7) is 0. The molecule has 2 nitrogen and oxygen atoms in total. The van der Waals surface area contributed by atoms with Crippen molar-refractivity contribution in [1.82, 2.24) is 0 Å². The lowest BCUT2D eigenvalue weighted by molar-refractivity contribution is -0.144. The fourth-order valence-electron chi connectivity index (χ4n) is 4.86. The quantitative estimate of drug-likeness (QED) is 0.738. The Labute approximate surface area is 95.0 Å². The molecule has 0 aromatic heterocycles. The molecule has 4 bridgehead atoms. The van der Waals surface area contributed by atoms with Gasteiger partial charge < -0.3 is 5.11 Å². The van der Waals surface area contributed by atoms with Crippen molar-refractivity contribution in [3.8, 4) is 0 Å². The minimum Gasteiger partial charge on any atom is -0.481 e. The van der Waals surface area contributed by atoms with Crippen LogP contribution in [0, 0.1) is 17.3 Å². The Hall–Kier alpha value is -0.240. The molecule has 0 heterocycles. The van der Waals surface area contributed by atoms with Crippen LogP contribution in [0.5, 0.6) is 0 Å². The van der Waals surface area contributed by atoms with Crippen LogP contribution in [0.3, 0.4) is 0 Å². The second-order valence-corrected chi connectivity index (χ2v) is 6.98. The number of hydrogen-bond donors (Lipinski definition) is 1. The highest BCUT2D eigenvalue weighted by atomic mass is 35.5. The van der Waals surface area contributed by atoms with Crippen LogP contribution in [0.15, 0.2) is 0 Å². The van der Waals surface area contributed by atoms with Crippen LogP contribution in [-0.4, -0.2) is 16.0 Å². The lowest BCUT2D eigenvalue weighted by Gasteiger charge is -2.59. The maximum absolute atomic E-state index is 10.9. The molecule has 0 amide bonds. The van der Waals surface area contributed by atoms with Gasteiger partial charge >= 0.3 is 5.97 Å². The van der Waals surface area contributed by atoms with Crippen molar-refractivity contribution < 1.29 is 9.90 Å². The molecule has 3 heteroatoms. The Morgan fingerprint density at radius 2 is 1.87 bits per heavy atom. The monoisotopic (exact) mass is 228 g/mol. The van der Waals surface area contributed by atoms with Crippen molar-refractivity contribution in [3.63, 3.8) is 0 Å². The van der Waals surface area contributed by atoms with E-state index in [4.69, 9.17) is 16.7 Å². The van der Waals surface area contributed by atoms with Crippen molar-refractivity contribution in [2.24, 2.45) is 17.3 Å². The minimum atomic E-state index is -0.641. The lowest BCUT2D eigenvalue weighted by Crippen LogP contribution is -2.53. The molecule has 4 rings (SSSR count). The second kappa shape index (κ2) is 2.91. The molecule has 0 aliphatic heterocycles. The number of carboxylic acid groups (broad SMARTS) is 1. The van der Waals surface area contributed by atoms with Crippen LogP contribution in [0.25, 0.3) is 0 Å². The van der Waals surface area contributed by atoms with Gasteiger partial charge in [-0.15, -0.1) is 11.6 Å². The third-order valence-electron chi connectivity index (χ3n) is 4.64. The zero-order chi connectivity index (χ0) is 10.7. The first-order chi connectivity index (χ1) is 6.99. The Bertz CT molecular complexity index is 299. The van der Waals surface area contributed by atoms with E-state index in [0.29, 0.717) is 18.3 Å². The summed E-state index contributed by atoms with van der Waals surface area (Å²) in [7, 11) is 0. The van der Waals surface area contributed by atoms with Gasteiger partial charge in [0.25, 0.3) is 0 Å².